The number of rotatable bonds is 9. The molecular weight excluding hydrogens is 488 g/mol. The summed E-state index contributed by atoms with van der Waals surface area (Å²) >= 11 is 0. The van der Waals surface area contributed by atoms with Gasteiger partial charge in [-0.05, 0) is 74.4 Å². The van der Waals surface area contributed by atoms with Gasteiger partial charge < -0.3 is 24.3 Å². The lowest BCUT2D eigenvalue weighted by Crippen LogP contribution is -2.36. The number of benzene rings is 3. The summed E-state index contributed by atoms with van der Waals surface area (Å²) in [6.45, 7) is 2.57. The molecule has 2 atom stereocenters. The van der Waals surface area contributed by atoms with Gasteiger partial charge >= 0.3 is 0 Å². The molecule has 3 amide bonds. The van der Waals surface area contributed by atoms with Gasteiger partial charge in [-0.2, -0.15) is 0 Å². The Kier molecular flexibility index (Phi) is 7.28. The maximum absolute atomic E-state index is 12.9. The zero-order valence-corrected chi connectivity index (χ0v) is 21.1. The molecule has 9 heteroatoms. The fourth-order valence-electron chi connectivity index (χ4n) is 4.42. The summed E-state index contributed by atoms with van der Waals surface area (Å²) in [5.74, 6) is 1.11. The average molecular weight is 517 g/mol. The summed E-state index contributed by atoms with van der Waals surface area (Å²) in [6.07, 6.45) is 0.905. The predicted octanol–water partition coefficient (Wildman–Crippen LogP) is 4.67. The van der Waals surface area contributed by atoms with E-state index in [4.69, 9.17) is 18.9 Å². The zero-order valence-electron chi connectivity index (χ0n) is 21.1. The number of nitrogens with one attached hydrogen (secondary N) is 1. The van der Waals surface area contributed by atoms with Crippen molar-refractivity contribution in [2.24, 2.45) is 0 Å². The van der Waals surface area contributed by atoms with Crippen LogP contribution in [0.5, 0.6) is 23.0 Å². The van der Waals surface area contributed by atoms with Gasteiger partial charge in [-0.15, -0.1) is 0 Å². The Balaban J connectivity index is 1.22. The van der Waals surface area contributed by atoms with Crippen molar-refractivity contribution in [1.82, 2.24) is 4.90 Å². The van der Waals surface area contributed by atoms with E-state index >= 15 is 0 Å². The van der Waals surface area contributed by atoms with E-state index in [1.807, 2.05) is 0 Å². The van der Waals surface area contributed by atoms with E-state index < -0.39 is 6.10 Å². The molecule has 9 nitrogen and oxygen atoms in total. The molecule has 5 rings (SSSR count). The van der Waals surface area contributed by atoms with Gasteiger partial charge in [0, 0.05) is 18.4 Å². The monoisotopic (exact) mass is 516 g/mol. The van der Waals surface area contributed by atoms with Gasteiger partial charge in [0.25, 0.3) is 17.7 Å². The molecule has 0 saturated carbocycles. The summed E-state index contributed by atoms with van der Waals surface area (Å²) in [5.41, 5.74) is 1.18. The number of carbonyl (C=O) groups excluding carboxylic acids is 3. The molecule has 1 N–H and O–H groups in total. The van der Waals surface area contributed by atoms with Crippen LogP contribution in [0.4, 0.5) is 5.69 Å². The van der Waals surface area contributed by atoms with Crippen LogP contribution in [-0.2, 0) is 9.53 Å². The Labute approximate surface area is 220 Å². The number of fused-ring (bicyclic) bond motifs is 1. The lowest BCUT2D eigenvalue weighted by molar-refractivity contribution is -0.122. The first kappa shape index (κ1) is 25.3. The first-order valence-electron chi connectivity index (χ1n) is 12.4. The minimum absolute atomic E-state index is 0.116. The fourth-order valence-corrected chi connectivity index (χ4v) is 4.42. The summed E-state index contributed by atoms with van der Waals surface area (Å²) in [4.78, 5) is 39.6. The Morgan fingerprint density at radius 1 is 0.974 bits per heavy atom. The SMILES string of the molecule is COc1ccc(OC(C)C(=O)Nc2cccc(Oc3ccc4c(c3)C(=O)N(CC3CCCO3)C4=O)c2)cc1. The van der Waals surface area contributed by atoms with Crippen LogP contribution < -0.4 is 19.5 Å². The molecule has 2 aliphatic heterocycles. The molecule has 2 unspecified atom stereocenters. The molecule has 3 aromatic carbocycles. The molecule has 3 aromatic rings. The van der Waals surface area contributed by atoms with Crippen LogP contribution in [0.2, 0.25) is 0 Å². The van der Waals surface area contributed by atoms with E-state index in [1.165, 1.54) is 4.90 Å². The van der Waals surface area contributed by atoms with Crippen LogP contribution in [0.25, 0.3) is 0 Å². The molecule has 2 heterocycles. The highest BCUT2D eigenvalue weighted by molar-refractivity contribution is 6.21. The average Bonchev–Trinajstić information content (AvgIpc) is 3.52. The van der Waals surface area contributed by atoms with E-state index in [0.29, 0.717) is 46.4 Å². The minimum atomic E-state index is -0.745. The Hall–Kier alpha value is -4.37. The molecule has 0 aromatic heterocycles. The van der Waals surface area contributed by atoms with E-state index in [9.17, 15) is 14.4 Å². The standard InChI is InChI=1S/C29H28N2O7/c1-18(37-21-10-8-20(35-2)9-11-21)27(32)30-19-5-3-6-22(15-19)38-23-12-13-25-26(16-23)29(34)31(28(25)33)17-24-7-4-14-36-24/h3,5-6,8-13,15-16,18,24H,4,7,14,17H2,1-2H3,(H,30,32). The molecule has 0 aliphatic carbocycles. The third kappa shape index (κ3) is 5.47. The van der Waals surface area contributed by atoms with Crippen molar-refractivity contribution in [2.45, 2.75) is 32.0 Å². The molecule has 1 fully saturated rings. The number of methoxy groups -OCH3 is 1. The van der Waals surface area contributed by atoms with E-state index in [0.717, 1.165) is 12.8 Å². The molecule has 196 valence electrons. The molecular formula is C29H28N2O7. The van der Waals surface area contributed by atoms with Crippen LogP contribution in [0.3, 0.4) is 0 Å². The van der Waals surface area contributed by atoms with Crippen molar-refractivity contribution in [3.05, 3.63) is 77.9 Å². The van der Waals surface area contributed by atoms with Gasteiger partial charge in [0.2, 0.25) is 0 Å². The Morgan fingerprint density at radius 2 is 1.68 bits per heavy atom. The van der Waals surface area contributed by atoms with Crippen molar-refractivity contribution in [2.75, 3.05) is 25.6 Å². The smallest absolute Gasteiger partial charge is 0.265 e. The topological polar surface area (TPSA) is 103 Å². The number of ether oxygens (including phenoxy) is 4. The second kappa shape index (κ2) is 10.9. The number of imide groups is 1. The normalized spacial score (nSPS) is 17.2. The number of anilines is 1. The van der Waals surface area contributed by atoms with Crippen molar-refractivity contribution in [3.8, 4) is 23.0 Å². The van der Waals surface area contributed by atoms with E-state index in [1.54, 1.807) is 80.8 Å². The number of amides is 3. The lowest BCUT2D eigenvalue weighted by atomic mass is 10.1. The number of hydrogen-bond acceptors (Lipinski definition) is 7. The van der Waals surface area contributed by atoms with Gasteiger partial charge in [-0.25, -0.2) is 0 Å². The van der Waals surface area contributed by atoms with Crippen LogP contribution in [0.1, 0.15) is 40.5 Å². The summed E-state index contributed by atoms with van der Waals surface area (Å²) in [5, 5.41) is 2.82. The molecule has 0 spiro atoms. The number of nitrogens with zero attached hydrogens (tertiary/aromatic N) is 1. The van der Waals surface area contributed by atoms with E-state index in [2.05, 4.69) is 5.32 Å². The maximum Gasteiger partial charge on any atom is 0.265 e. The zero-order chi connectivity index (χ0) is 26.6. The Morgan fingerprint density at radius 3 is 2.42 bits per heavy atom. The van der Waals surface area contributed by atoms with Crippen molar-refractivity contribution >= 4 is 23.4 Å². The van der Waals surface area contributed by atoms with E-state index in [-0.39, 0.29) is 30.4 Å². The lowest BCUT2D eigenvalue weighted by Gasteiger charge is -2.17. The van der Waals surface area contributed by atoms with Crippen molar-refractivity contribution < 1.29 is 33.3 Å². The fraction of sp³-hybridized carbons (Fsp3) is 0.276. The molecule has 0 bridgehead atoms. The van der Waals surface area contributed by atoms with Crippen LogP contribution in [0, 0.1) is 0 Å². The maximum atomic E-state index is 12.9. The first-order valence-corrected chi connectivity index (χ1v) is 12.4. The van der Waals surface area contributed by atoms with Gasteiger partial charge in [0.1, 0.15) is 23.0 Å². The number of carbonyl (C=O) groups is 3. The molecule has 38 heavy (non-hydrogen) atoms. The minimum Gasteiger partial charge on any atom is -0.497 e. The van der Waals surface area contributed by atoms with Crippen molar-refractivity contribution in [3.63, 3.8) is 0 Å². The molecule has 2 aliphatic rings. The second-order valence-corrected chi connectivity index (χ2v) is 9.12. The third-order valence-electron chi connectivity index (χ3n) is 6.43. The van der Waals surface area contributed by atoms with Crippen LogP contribution in [-0.4, -0.2) is 55.1 Å². The Bertz CT molecular complexity index is 1350. The largest absolute Gasteiger partial charge is 0.497 e. The van der Waals surface area contributed by atoms with Crippen LogP contribution >= 0.6 is 0 Å². The molecule has 0 radical (unpaired) electrons. The second-order valence-electron chi connectivity index (χ2n) is 9.12. The third-order valence-corrected chi connectivity index (χ3v) is 6.43. The highest BCUT2D eigenvalue weighted by Crippen LogP contribution is 2.31. The quantitative estimate of drug-likeness (QED) is 0.412. The number of hydrogen-bond donors (Lipinski definition) is 1. The highest BCUT2D eigenvalue weighted by Gasteiger charge is 2.37. The van der Waals surface area contributed by atoms with Crippen molar-refractivity contribution in [1.29, 1.82) is 0 Å². The van der Waals surface area contributed by atoms with Gasteiger partial charge in [-0.3, -0.25) is 19.3 Å². The van der Waals surface area contributed by atoms with Gasteiger partial charge in [0.15, 0.2) is 6.10 Å². The highest BCUT2D eigenvalue weighted by atomic mass is 16.5. The van der Waals surface area contributed by atoms with Gasteiger partial charge in [-0.1, -0.05) is 6.07 Å². The van der Waals surface area contributed by atoms with Crippen LogP contribution in [0.15, 0.2) is 66.7 Å². The first-order chi connectivity index (χ1) is 18.4. The summed E-state index contributed by atoms with van der Waals surface area (Å²) in [6, 6.07) is 18.7. The predicted molar refractivity (Wildman–Crippen MR) is 139 cm³/mol. The molecule has 1 saturated heterocycles. The van der Waals surface area contributed by atoms with Gasteiger partial charge in [0.05, 0.1) is 30.9 Å². The summed E-state index contributed by atoms with van der Waals surface area (Å²) in [7, 11) is 1.58. The summed E-state index contributed by atoms with van der Waals surface area (Å²) < 4.78 is 22.4.